The van der Waals surface area contributed by atoms with Crippen LogP contribution in [0.5, 0.6) is 0 Å². The predicted octanol–water partition coefficient (Wildman–Crippen LogP) is 3.61. The van der Waals surface area contributed by atoms with Crippen molar-refractivity contribution in [2.24, 2.45) is 0 Å². The first-order chi connectivity index (χ1) is 9.38. The quantitative estimate of drug-likeness (QED) is 0.545. The summed E-state index contributed by atoms with van der Waals surface area (Å²) in [6.07, 6.45) is 2.15. The highest BCUT2D eigenvalue weighted by molar-refractivity contribution is 7.79. The van der Waals surface area contributed by atoms with Gasteiger partial charge in [-0.1, -0.05) is 48.5 Å². The lowest BCUT2D eigenvalue weighted by Gasteiger charge is -2.06. The van der Waals surface area contributed by atoms with Gasteiger partial charge in [0.1, 0.15) is 0 Å². The highest BCUT2D eigenvalue weighted by atomic mass is 32.1. The van der Waals surface area contributed by atoms with Gasteiger partial charge in [-0.15, -0.1) is 0 Å². The van der Waals surface area contributed by atoms with E-state index >= 15 is 0 Å². The Kier molecular flexibility index (Phi) is 3.51. The Balaban J connectivity index is 2.08. The molecule has 0 amide bonds. The molecule has 19 heavy (non-hydrogen) atoms. The summed E-state index contributed by atoms with van der Waals surface area (Å²) in [7, 11) is 0. The van der Waals surface area contributed by atoms with Crippen LogP contribution in [0.2, 0.25) is 0 Å². The smallest absolute Gasteiger partial charge is 0.197 e. The molecule has 0 N–H and O–H groups in total. The highest BCUT2D eigenvalue weighted by Crippen LogP contribution is 2.17. The normalized spacial score (nSPS) is 10.8. The number of rotatable bonds is 3. The fraction of sp³-hybridized carbons (Fsp3) is 0.118. The van der Waals surface area contributed by atoms with Gasteiger partial charge in [0, 0.05) is 17.0 Å². The second kappa shape index (κ2) is 5.45. The Morgan fingerprint density at radius 3 is 2.37 bits per heavy atom. The summed E-state index contributed by atoms with van der Waals surface area (Å²) >= 11 is 4.50. The molecule has 0 saturated carbocycles. The molecular weight excluding hydrogens is 250 g/mol. The minimum Gasteiger partial charge on any atom is -0.197 e. The lowest BCUT2D eigenvalue weighted by molar-refractivity contribution is -0.693. The van der Waals surface area contributed by atoms with Crippen LogP contribution in [0.25, 0.3) is 10.8 Å². The zero-order chi connectivity index (χ0) is 13.1. The topological polar surface area (TPSA) is 3.88 Å². The molecule has 0 unspecified atom stereocenters. The van der Waals surface area contributed by atoms with Gasteiger partial charge in [-0.25, -0.2) is 0 Å². The summed E-state index contributed by atoms with van der Waals surface area (Å²) < 4.78 is 2.28. The summed E-state index contributed by atoms with van der Waals surface area (Å²) in [5.74, 6) is 0.744. The first-order valence-electron chi connectivity index (χ1n) is 6.43. The molecule has 0 aliphatic rings. The molecule has 2 heteroatoms. The van der Waals surface area contributed by atoms with E-state index < -0.39 is 0 Å². The van der Waals surface area contributed by atoms with Gasteiger partial charge in [0.05, 0.1) is 5.75 Å². The van der Waals surface area contributed by atoms with Gasteiger partial charge in [-0.2, -0.15) is 17.2 Å². The van der Waals surface area contributed by atoms with E-state index in [0.29, 0.717) is 0 Å². The zero-order valence-corrected chi connectivity index (χ0v) is 11.6. The van der Waals surface area contributed by atoms with E-state index in [1.165, 1.54) is 22.0 Å². The summed E-state index contributed by atoms with van der Waals surface area (Å²) in [6.45, 7) is 0.890. The van der Waals surface area contributed by atoms with Crippen molar-refractivity contribution in [2.75, 3.05) is 0 Å². The van der Waals surface area contributed by atoms with Crippen molar-refractivity contribution in [3.8, 4) is 0 Å². The van der Waals surface area contributed by atoms with Gasteiger partial charge in [-0.05, 0) is 11.5 Å². The number of thiol groups is 1. The molecule has 0 atom stereocenters. The molecule has 3 aromatic rings. The molecule has 0 saturated heterocycles. The van der Waals surface area contributed by atoms with E-state index in [9.17, 15) is 0 Å². The van der Waals surface area contributed by atoms with Gasteiger partial charge in [0.2, 0.25) is 0 Å². The third-order valence-electron chi connectivity index (χ3n) is 3.40. The molecule has 1 aromatic heterocycles. The number of hydrogen-bond donors (Lipinski definition) is 1. The van der Waals surface area contributed by atoms with Crippen LogP contribution in [0, 0.1) is 0 Å². The van der Waals surface area contributed by atoms with E-state index in [0.717, 1.165) is 12.3 Å². The second-order valence-corrected chi connectivity index (χ2v) is 4.94. The maximum absolute atomic E-state index is 4.50. The fourth-order valence-corrected chi connectivity index (χ4v) is 2.78. The summed E-state index contributed by atoms with van der Waals surface area (Å²) in [6, 6.07) is 21.2. The van der Waals surface area contributed by atoms with Gasteiger partial charge in [0.15, 0.2) is 18.4 Å². The van der Waals surface area contributed by atoms with Gasteiger partial charge in [0.25, 0.3) is 0 Å². The van der Waals surface area contributed by atoms with E-state index in [-0.39, 0.29) is 0 Å². The van der Waals surface area contributed by atoms with Crippen LogP contribution in [0.4, 0.5) is 0 Å². The molecule has 1 heterocycles. The number of pyridine rings is 1. The molecular formula is C17H16NS+. The van der Waals surface area contributed by atoms with E-state index in [4.69, 9.17) is 0 Å². The largest absolute Gasteiger partial charge is 0.199 e. The third kappa shape index (κ3) is 2.49. The summed E-state index contributed by atoms with van der Waals surface area (Å²) in [4.78, 5) is 0. The first-order valence-corrected chi connectivity index (χ1v) is 7.06. The van der Waals surface area contributed by atoms with Crippen LogP contribution in [-0.2, 0) is 12.3 Å². The molecule has 0 spiro atoms. The Labute approximate surface area is 118 Å². The standard InChI is InChI=1S/C17H15NS/c19-13-17-16-9-5-4-8-15(16)10-11-18(17)12-14-6-2-1-3-7-14/h1-11H,12-13H2/p+1. The number of fused-ring (bicyclic) bond motifs is 1. The van der Waals surface area contributed by atoms with E-state index in [1.54, 1.807) is 0 Å². The molecule has 3 rings (SSSR count). The van der Waals surface area contributed by atoms with Crippen molar-refractivity contribution in [2.45, 2.75) is 12.3 Å². The summed E-state index contributed by atoms with van der Waals surface area (Å²) in [5.41, 5.74) is 2.58. The third-order valence-corrected chi connectivity index (χ3v) is 3.70. The molecule has 2 aromatic carbocycles. The van der Waals surface area contributed by atoms with Crippen molar-refractivity contribution in [3.05, 3.63) is 78.1 Å². The van der Waals surface area contributed by atoms with E-state index in [1.807, 2.05) is 6.07 Å². The van der Waals surface area contributed by atoms with Crippen LogP contribution in [0.1, 0.15) is 11.3 Å². The van der Waals surface area contributed by atoms with Crippen molar-refractivity contribution < 1.29 is 4.57 Å². The number of nitrogens with zero attached hydrogens (tertiary/aromatic N) is 1. The average molecular weight is 266 g/mol. The lowest BCUT2D eigenvalue weighted by Crippen LogP contribution is -2.38. The lowest BCUT2D eigenvalue weighted by atomic mass is 10.1. The molecule has 0 aliphatic carbocycles. The molecule has 0 bridgehead atoms. The number of hydrogen-bond acceptors (Lipinski definition) is 1. The van der Waals surface area contributed by atoms with Crippen LogP contribution in [0.15, 0.2) is 66.9 Å². The Morgan fingerprint density at radius 1 is 0.842 bits per heavy atom. The zero-order valence-electron chi connectivity index (χ0n) is 10.7. The van der Waals surface area contributed by atoms with E-state index in [2.05, 4.69) is 78.0 Å². The van der Waals surface area contributed by atoms with Gasteiger partial charge < -0.3 is 0 Å². The van der Waals surface area contributed by atoms with Crippen molar-refractivity contribution in [1.82, 2.24) is 0 Å². The molecule has 0 aliphatic heterocycles. The SMILES string of the molecule is SCc1c2ccccc2cc[n+]1Cc1ccccc1. The molecule has 94 valence electrons. The number of benzene rings is 2. The number of aromatic nitrogens is 1. The molecule has 0 fully saturated rings. The van der Waals surface area contributed by atoms with Crippen LogP contribution >= 0.6 is 12.6 Å². The highest BCUT2D eigenvalue weighted by Gasteiger charge is 2.13. The van der Waals surface area contributed by atoms with Crippen LogP contribution < -0.4 is 4.57 Å². The maximum Gasteiger partial charge on any atom is 0.199 e. The Morgan fingerprint density at radius 2 is 1.58 bits per heavy atom. The van der Waals surface area contributed by atoms with Gasteiger partial charge >= 0.3 is 0 Å². The minimum atomic E-state index is 0.744. The first kappa shape index (κ1) is 12.2. The minimum absolute atomic E-state index is 0.744. The van der Waals surface area contributed by atoms with Crippen LogP contribution in [-0.4, -0.2) is 0 Å². The second-order valence-electron chi connectivity index (χ2n) is 4.62. The monoisotopic (exact) mass is 266 g/mol. The molecule has 1 nitrogen and oxygen atoms in total. The fourth-order valence-electron chi connectivity index (χ4n) is 2.42. The summed E-state index contributed by atoms with van der Waals surface area (Å²) in [5, 5.41) is 2.56. The Bertz CT molecular complexity index is 692. The Hall–Kier alpha value is -1.80. The average Bonchev–Trinajstić information content (AvgIpc) is 2.48. The predicted molar refractivity (Wildman–Crippen MR) is 82.4 cm³/mol. The maximum atomic E-state index is 4.50. The van der Waals surface area contributed by atoms with Gasteiger partial charge in [-0.3, -0.25) is 0 Å². The van der Waals surface area contributed by atoms with Crippen molar-refractivity contribution >= 4 is 23.4 Å². The van der Waals surface area contributed by atoms with Crippen molar-refractivity contribution in [1.29, 1.82) is 0 Å². The van der Waals surface area contributed by atoms with Crippen molar-refractivity contribution in [3.63, 3.8) is 0 Å². The van der Waals surface area contributed by atoms with Crippen LogP contribution in [0.3, 0.4) is 0 Å². The molecule has 0 radical (unpaired) electrons.